The fourth-order valence-corrected chi connectivity index (χ4v) is 2.22. The smallest absolute Gasteiger partial charge is 0.317 e. The number of nitrogens with one attached hydrogen (secondary N) is 2. The molecule has 0 spiro atoms. The highest BCUT2D eigenvalue weighted by Gasteiger charge is 2.22. The van der Waals surface area contributed by atoms with Crippen molar-refractivity contribution >= 4 is 6.03 Å². The van der Waals surface area contributed by atoms with Crippen LogP contribution in [-0.2, 0) is 0 Å². The molecular weight excluding hydrogens is 214 g/mol. The van der Waals surface area contributed by atoms with Gasteiger partial charge in [0.25, 0.3) is 0 Å². The van der Waals surface area contributed by atoms with Crippen molar-refractivity contribution in [1.82, 2.24) is 15.5 Å². The van der Waals surface area contributed by atoms with Gasteiger partial charge in [-0.1, -0.05) is 0 Å². The second kappa shape index (κ2) is 6.84. The van der Waals surface area contributed by atoms with Gasteiger partial charge in [0.15, 0.2) is 0 Å². The zero-order chi connectivity index (χ0) is 12.8. The van der Waals surface area contributed by atoms with Crippen molar-refractivity contribution in [3.8, 4) is 0 Å². The Balaban J connectivity index is 2.49. The summed E-state index contributed by atoms with van der Waals surface area (Å²) in [4.78, 5) is 14.0. The number of urea groups is 1. The van der Waals surface area contributed by atoms with Gasteiger partial charge in [-0.25, -0.2) is 4.79 Å². The van der Waals surface area contributed by atoms with Crippen LogP contribution in [0.3, 0.4) is 0 Å². The third-order valence-corrected chi connectivity index (χ3v) is 3.15. The summed E-state index contributed by atoms with van der Waals surface area (Å²) in [6.07, 6.45) is 2.45. The first kappa shape index (κ1) is 14.3. The van der Waals surface area contributed by atoms with E-state index in [-0.39, 0.29) is 18.1 Å². The number of carbonyl (C=O) groups excluding carboxylic acids is 1. The number of hydrogen-bond donors (Lipinski definition) is 2. The second-order valence-corrected chi connectivity index (χ2v) is 5.56. The normalized spacial score (nSPS) is 20.7. The fraction of sp³-hybridized carbons (Fsp3) is 0.923. The highest BCUT2D eigenvalue weighted by Crippen LogP contribution is 2.13. The Hall–Kier alpha value is -0.770. The maximum Gasteiger partial charge on any atom is 0.317 e. The van der Waals surface area contributed by atoms with E-state index < -0.39 is 0 Å². The van der Waals surface area contributed by atoms with E-state index in [1.54, 1.807) is 0 Å². The second-order valence-electron chi connectivity index (χ2n) is 5.56. The van der Waals surface area contributed by atoms with Gasteiger partial charge in [-0.2, -0.15) is 0 Å². The Morgan fingerprint density at radius 1 is 1.41 bits per heavy atom. The summed E-state index contributed by atoms with van der Waals surface area (Å²) < 4.78 is 0. The van der Waals surface area contributed by atoms with E-state index in [4.69, 9.17) is 0 Å². The largest absolute Gasteiger partial charge is 0.336 e. The van der Waals surface area contributed by atoms with E-state index in [1.807, 2.05) is 18.7 Å². The van der Waals surface area contributed by atoms with Crippen molar-refractivity contribution in [3.05, 3.63) is 0 Å². The lowest BCUT2D eigenvalue weighted by Crippen LogP contribution is -2.49. The average molecular weight is 241 g/mol. The molecule has 1 atom stereocenters. The van der Waals surface area contributed by atoms with E-state index in [0.29, 0.717) is 5.92 Å². The summed E-state index contributed by atoms with van der Waals surface area (Å²) in [5.74, 6) is 0.601. The monoisotopic (exact) mass is 241 g/mol. The Morgan fingerprint density at radius 2 is 2.12 bits per heavy atom. The molecule has 1 fully saturated rings. The maximum absolute atomic E-state index is 12.1. The summed E-state index contributed by atoms with van der Waals surface area (Å²) in [5.41, 5.74) is 0. The summed E-state index contributed by atoms with van der Waals surface area (Å²) >= 11 is 0. The Bertz CT molecular complexity index is 235. The first-order valence-corrected chi connectivity index (χ1v) is 6.78. The Morgan fingerprint density at radius 3 is 2.59 bits per heavy atom. The third kappa shape index (κ3) is 4.94. The van der Waals surface area contributed by atoms with Crippen LogP contribution in [0.4, 0.5) is 4.79 Å². The van der Waals surface area contributed by atoms with E-state index >= 15 is 0 Å². The van der Waals surface area contributed by atoms with Gasteiger partial charge in [-0.3, -0.25) is 0 Å². The fourth-order valence-electron chi connectivity index (χ4n) is 2.22. The first-order valence-electron chi connectivity index (χ1n) is 6.78. The number of rotatable bonds is 4. The van der Waals surface area contributed by atoms with Gasteiger partial charge in [0.05, 0.1) is 0 Å². The van der Waals surface area contributed by atoms with Crippen molar-refractivity contribution in [2.75, 3.05) is 19.6 Å². The quantitative estimate of drug-likeness (QED) is 0.788. The van der Waals surface area contributed by atoms with Crippen LogP contribution in [0.15, 0.2) is 0 Å². The Kier molecular flexibility index (Phi) is 5.75. The van der Waals surface area contributed by atoms with Crippen molar-refractivity contribution in [3.63, 3.8) is 0 Å². The molecule has 4 heteroatoms. The molecule has 0 radical (unpaired) electrons. The molecule has 0 saturated carbocycles. The number of carbonyl (C=O) groups is 1. The molecule has 1 heterocycles. The van der Waals surface area contributed by atoms with Crippen LogP contribution in [0.25, 0.3) is 0 Å². The lowest BCUT2D eigenvalue weighted by molar-refractivity contribution is 0.162. The van der Waals surface area contributed by atoms with Crippen molar-refractivity contribution in [1.29, 1.82) is 0 Å². The molecule has 0 bridgehead atoms. The minimum atomic E-state index is 0.0700. The molecule has 100 valence electrons. The molecule has 0 aromatic rings. The zero-order valence-corrected chi connectivity index (χ0v) is 11.6. The molecule has 1 aliphatic heterocycles. The lowest BCUT2D eigenvalue weighted by Gasteiger charge is -2.33. The maximum atomic E-state index is 12.1. The van der Waals surface area contributed by atoms with Crippen LogP contribution in [0.1, 0.15) is 40.5 Å². The van der Waals surface area contributed by atoms with Gasteiger partial charge in [0, 0.05) is 18.6 Å². The zero-order valence-electron chi connectivity index (χ0n) is 11.6. The van der Waals surface area contributed by atoms with Crippen LogP contribution in [-0.4, -0.2) is 42.6 Å². The van der Waals surface area contributed by atoms with Crippen LogP contribution < -0.4 is 10.6 Å². The average Bonchev–Trinajstić information content (AvgIpc) is 2.25. The van der Waals surface area contributed by atoms with Crippen molar-refractivity contribution in [2.45, 2.75) is 52.6 Å². The molecular formula is C13H27N3O. The van der Waals surface area contributed by atoms with Gasteiger partial charge < -0.3 is 15.5 Å². The summed E-state index contributed by atoms with van der Waals surface area (Å²) in [6.45, 7) is 11.2. The summed E-state index contributed by atoms with van der Waals surface area (Å²) in [7, 11) is 0. The number of hydrogen-bond acceptors (Lipinski definition) is 2. The molecule has 1 rings (SSSR count). The minimum absolute atomic E-state index is 0.0700. The highest BCUT2D eigenvalue weighted by molar-refractivity contribution is 5.74. The molecule has 0 aromatic carbocycles. The molecule has 0 aromatic heterocycles. The van der Waals surface area contributed by atoms with E-state index in [0.717, 1.165) is 19.6 Å². The molecule has 1 saturated heterocycles. The molecule has 4 nitrogen and oxygen atoms in total. The summed E-state index contributed by atoms with van der Waals surface area (Å²) in [5, 5.41) is 6.38. The molecule has 2 N–H and O–H groups in total. The third-order valence-electron chi connectivity index (χ3n) is 3.15. The number of nitrogens with zero attached hydrogens (tertiary/aromatic N) is 1. The van der Waals surface area contributed by atoms with Gasteiger partial charge in [-0.05, 0) is 59.5 Å². The van der Waals surface area contributed by atoms with Gasteiger partial charge in [0.1, 0.15) is 0 Å². The Labute approximate surface area is 105 Å². The van der Waals surface area contributed by atoms with E-state index in [2.05, 4.69) is 24.5 Å². The van der Waals surface area contributed by atoms with Crippen LogP contribution >= 0.6 is 0 Å². The van der Waals surface area contributed by atoms with Gasteiger partial charge in [0.2, 0.25) is 0 Å². The van der Waals surface area contributed by atoms with Crippen LogP contribution in [0, 0.1) is 5.92 Å². The highest BCUT2D eigenvalue weighted by atomic mass is 16.2. The van der Waals surface area contributed by atoms with Gasteiger partial charge in [-0.15, -0.1) is 0 Å². The standard InChI is InChI=1S/C13H27N3O/c1-10(2)15-13(17)16(11(3)4)9-12-6-5-7-14-8-12/h10-12,14H,5-9H2,1-4H3,(H,15,17). The predicted octanol–water partition coefficient (Wildman–Crippen LogP) is 1.81. The number of amides is 2. The summed E-state index contributed by atoms with van der Waals surface area (Å²) in [6, 6.07) is 0.532. The molecule has 1 aliphatic rings. The molecule has 2 amide bonds. The van der Waals surface area contributed by atoms with E-state index in [9.17, 15) is 4.79 Å². The minimum Gasteiger partial charge on any atom is -0.336 e. The van der Waals surface area contributed by atoms with E-state index in [1.165, 1.54) is 12.8 Å². The van der Waals surface area contributed by atoms with Crippen molar-refractivity contribution in [2.24, 2.45) is 5.92 Å². The SMILES string of the molecule is CC(C)NC(=O)N(CC1CCCNC1)C(C)C. The first-order chi connectivity index (χ1) is 8.00. The van der Waals surface area contributed by atoms with Gasteiger partial charge >= 0.3 is 6.03 Å². The topological polar surface area (TPSA) is 44.4 Å². The molecule has 0 aliphatic carbocycles. The van der Waals surface area contributed by atoms with Crippen LogP contribution in [0.2, 0.25) is 0 Å². The molecule has 1 unspecified atom stereocenters. The van der Waals surface area contributed by atoms with Crippen LogP contribution in [0.5, 0.6) is 0 Å². The lowest BCUT2D eigenvalue weighted by atomic mass is 9.99. The van der Waals surface area contributed by atoms with Crippen molar-refractivity contribution < 1.29 is 4.79 Å². The number of piperidine rings is 1. The molecule has 17 heavy (non-hydrogen) atoms. The predicted molar refractivity (Wildman–Crippen MR) is 71.1 cm³/mol.